The summed E-state index contributed by atoms with van der Waals surface area (Å²) >= 11 is 2.11. The minimum atomic E-state index is -0.609. The van der Waals surface area contributed by atoms with Gasteiger partial charge in [-0.1, -0.05) is 0 Å². The van der Waals surface area contributed by atoms with Gasteiger partial charge < -0.3 is 14.7 Å². The normalized spacial score (nSPS) is 45.7. The summed E-state index contributed by atoms with van der Waals surface area (Å²) in [6.45, 7) is 3.43. The Bertz CT molecular complexity index is 489. The quantitative estimate of drug-likeness (QED) is 0.504. The van der Waals surface area contributed by atoms with Gasteiger partial charge in [-0.25, -0.2) is 0 Å². The third kappa shape index (κ3) is 4.20. The van der Waals surface area contributed by atoms with Crippen molar-refractivity contribution < 1.29 is 9.84 Å². The lowest BCUT2D eigenvalue weighted by molar-refractivity contribution is -0.144. The Balaban J connectivity index is 1.41. The first-order valence-corrected chi connectivity index (χ1v) is 11.9. The van der Waals surface area contributed by atoms with Crippen LogP contribution in [0.5, 0.6) is 0 Å². The van der Waals surface area contributed by atoms with Crippen molar-refractivity contribution in [2.24, 2.45) is 17.8 Å². The van der Waals surface area contributed by atoms with E-state index in [0.717, 1.165) is 19.1 Å². The van der Waals surface area contributed by atoms with E-state index in [1.807, 2.05) is 6.92 Å². The summed E-state index contributed by atoms with van der Waals surface area (Å²) in [5.74, 6) is 1.31. The van der Waals surface area contributed by atoms with E-state index >= 15 is 0 Å². The second kappa shape index (κ2) is 8.86. The first-order chi connectivity index (χ1) is 13.1. The largest absolute Gasteiger partial charge is 0.368 e. The van der Waals surface area contributed by atoms with Crippen molar-refractivity contribution in [1.29, 1.82) is 0 Å². The third-order valence-corrected chi connectivity index (χ3v) is 9.05. The van der Waals surface area contributed by atoms with Crippen LogP contribution in [-0.4, -0.2) is 72.5 Å². The van der Waals surface area contributed by atoms with E-state index in [2.05, 4.69) is 46.7 Å². The lowest BCUT2D eigenvalue weighted by atomic mass is 9.80. The number of nitrogens with zero attached hydrogens (tertiary/aromatic N) is 1. The summed E-state index contributed by atoms with van der Waals surface area (Å²) in [4.78, 5) is 2.38. The monoisotopic (exact) mass is 398 g/mol. The molecule has 156 valence electrons. The van der Waals surface area contributed by atoms with Crippen LogP contribution in [0.4, 0.5) is 0 Å². The Hall–Kier alpha value is 0.110. The molecule has 0 aromatic heterocycles. The Kier molecular flexibility index (Phi) is 6.69. The molecule has 7 heteroatoms. The van der Waals surface area contributed by atoms with Crippen molar-refractivity contribution >= 4 is 11.8 Å². The minimum absolute atomic E-state index is 0.271. The second-order valence-corrected chi connectivity index (χ2v) is 10.4. The molecule has 0 spiro atoms. The average molecular weight is 399 g/mol. The number of hydrogen-bond acceptors (Lipinski definition) is 7. The lowest BCUT2D eigenvalue weighted by Crippen LogP contribution is -2.64. The molecule has 5 unspecified atom stereocenters. The number of aliphatic hydroxyl groups is 1. The van der Waals surface area contributed by atoms with Gasteiger partial charge in [-0.3, -0.25) is 16.0 Å². The van der Waals surface area contributed by atoms with E-state index in [1.54, 1.807) is 0 Å². The Morgan fingerprint density at radius 3 is 2.59 bits per heavy atom. The molecule has 7 atom stereocenters. The lowest BCUT2D eigenvalue weighted by Gasteiger charge is -2.43. The predicted molar refractivity (Wildman–Crippen MR) is 110 cm³/mol. The highest BCUT2D eigenvalue weighted by Crippen LogP contribution is 2.55. The van der Waals surface area contributed by atoms with Gasteiger partial charge in [-0.15, -0.1) is 11.8 Å². The van der Waals surface area contributed by atoms with Gasteiger partial charge in [0.05, 0.1) is 11.5 Å². The Morgan fingerprint density at radius 1 is 1.11 bits per heavy atom. The average Bonchev–Trinajstić information content (AvgIpc) is 3.21. The predicted octanol–water partition coefficient (Wildman–Crippen LogP) is 1.36. The zero-order valence-corrected chi connectivity index (χ0v) is 17.9. The third-order valence-electron chi connectivity index (χ3n) is 7.38. The van der Waals surface area contributed by atoms with Crippen LogP contribution in [-0.2, 0) is 4.74 Å². The Labute approximate surface area is 168 Å². The van der Waals surface area contributed by atoms with Crippen LogP contribution in [0.3, 0.4) is 0 Å². The van der Waals surface area contributed by atoms with Gasteiger partial charge >= 0.3 is 0 Å². The fourth-order valence-corrected chi connectivity index (χ4v) is 7.90. The molecule has 4 N–H and O–H groups in total. The maximum Gasteiger partial charge on any atom is 0.157 e. The number of aliphatic hydroxyl groups excluding tert-OH is 1. The summed E-state index contributed by atoms with van der Waals surface area (Å²) in [5, 5.41) is 23.1. The summed E-state index contributed by atoms with van der Waals surface area (Å²) in [5.41, 5.74) is 0. The fraction of sp³-hybridized carbons (Fsp3) is 1.00. The molecule has 0 bridgehead atoms. The van der Waals surface area contributed by atoms with Crippen molar-refractivity contribution in [3.8, 4) is 0 Å². The molecule has 0 amide bonds. The summed E-state index contributed by atoms with van der Waals surface area (Å²) in [6.07, 6.45) is 7.13. The first kappa shape index (κ1) is 20.4. The van der Waals surface area contributed by atoms with Crippen molar-refractivity contribution in [1.82, 2.24) is 20.9 Å². The smallest absolute Gasteiger partial charge is 0.157 e. The van der Waals surface area contributed by atoms with E-state index in [0.29, 0.717) is 41.3 Å². The van der Waals surface area contributed by atoms with Gasteiger partial charge in [0.1, 0.15) is 0 Å². The molecule has 4 rings (SSSR count). The highest BCUT2D eigenvalue weighted by Gasteiger charge is 2.56. The van der Waals surface area contributed by atoms with E-state index in [4.69, 9.17) is 4.74 Å². The molecule has 4 fully saturated rings. The van der Waals surface area contributed by atoms with Crippen LogP contribution in [0.15, 0.2) is 0 Å². The molecule has 2 saturated heterocycles. The summed E-state index contributed by atoms with van der Waals surface area (Å²) in [6, 6.07) is 1.35. The van der Waals surface area contributed by atoms with Crippen molar-refractivity contribution in [3.05, 3.63) is 0 Å². The number of thioether (sulfide) groups is 1. The molecule has 4 aliphatic rings. The topological polar surface area (TPSA) is 68.8 Å². The molecule has 0 aromatic carbocycles. The molecule has 0 aromatic rings. The standard InChI is InChI=1S/C20H38N4O2S/c1-4-26-20(25)14-9-10-15-16(14)17-18(21-11-22-19(17)27-15)23-12-5-7-13(8-6-12)24(2)3/h12-23,25H,4-11H2,1-3H3/t12?,13?,14?,15?,16-,17?,18?,19+,20?/m1/s1. The molecular formula is C20H38N4O2S. The summed E-state index contributed by atoms with van der Waals surface area (Å²) in [7, 11) is 4.41. The molecule has 2 saturated carbocycles. The SMILES string of the molecule is CCOC(O)C1CCC2S[C@@H]3NCNC(NC4CCC(N(C)C)CC4)C3[C@@H]21. The van der Waals surface area contributed by atoms with Gasteiger partial charge in [0, 0.05) is 42.4 Å². The van der Waals surface area contributed by atoms with E-state index < -0.39 is 6.29 Å². The van der Waals surface area contributed by atoms with Crippen LogP contribution in [0.1, 0.15) is 45.4 Å². The van der Waals surface area contributed by atoms with E-state index in [-0.39, 0.29) is 5.92 Å². The van der Waals surface area contributed by atoms with Gasteiger partial charge in [-0.05, 0) is 65.5 Å². The van der Waals surface area contributed by atoms with Crippen LogP contribution in [0, 0.1) is 17.8 Å². The zero-order valence-electron chi connectivity index (χ0n) is 17.1. The number of ether oxygens (including phenoxy) is 1. The second-order valence-electron chi connectivity index (χ2n) is 9.04. The number of fused-ring (bicyclic) bond motifs is 3. The minimum Gasteiger partial charge on any atom is -0.368 e. The molecular weight excluding hydrogens is 360 g/mol. The van der Waals surface area contributed by atoms with Crippen LogP contribution in [0.25, 0.3) is 0 Å². The summed E-state index contributed by atoms with van der Waals surface area (Å²) < 4.78 is 5.61. The molecule has 2 heterocycles. The van der Waals surface area contributed by atoms with Gasteiger partial charge in [0.25, 0.3) is 0 Å². The van der Waals surface area contributed by atoms with Crippen molar-refractivity contribution in [2.45, 2.75) is 80.6 Å². The molecule has 2 aliphatic heterocycles. The highest BCUT2D eigenvalue weighted by molar-refractivity contribution is 8.00. The van der Waals surface area contributed by atoms with Crippen LogP contribution >= 0.6 is 11.8 Å². The van der Waals surface area contributed by atoms with Gasteiger partial charge in [0.2, 0.25) is 0 Å². The number of rotatable bonds is 6. The van der Waals surface area contributed by atoms with Crippen molar-refractivity contribution in [2.75, 3.05) is 27.4 Å². The maximum atomic E-state index is 10.6. The van der Waals surface area contributed by atoms with E-state index in [1.165, 1.54) is 32.1 Å². The van der Waals surface area contributed by atoms with Crippen LogP contribution in [0.2, 0.25) is 0 Å². The number of nitrogens with one attached hydrogen (secondary N) is 3. The molecule has 6 nitrogen and oxygen atoms in total. The zero-order chi connectivity index (χ0) is 19.0. The molecule has 0 radical (unpaired) electrons. The van der Waals surface area contributed by atoms with Gasteiger partial charge in [0.15, 0.2) is 6.29 Å². The number of hydrogen-bond donors (Lipinski definition) is 4. The molecule has 2 aliphatic carbocycles. The first-order valence-electron chi connectivity index (χ1n) is 10.9. The van der Waals surface area contributed by atoms with Gasteiger partial charge in [-0.2, -0.15) is 0 Å². The van der Waals surface area contributed by atoms with Crippen molar-refractivity contribution in [3.63, 3.8) is 0 Å². The maximum absolute atomic E-state index is 10.6. The molecule has 27 heavy (non-hydrogen) atoms. The van der Waals surface area contributed by atoms with Crippen LogP contribution < -0.4 is 16.0 Å². The highest BCUT2D eigenvalue weighted by atomic mass is 32.2. The Morgan fingerprint density at radius 2 is 1.89 bits per heavy atom. The fourth-order valence-electron chi connectivity index (χ4n) is 5.99. The van der Waals surface area contributed by atoms with E-state index in [9.17, 15) is 5.11 Å².